The van der Waals surface area contributed by atoms with Crippen molar-refractivity contribution in [1.29, 1.82) is 0 Å². The maximum absolute atomic E-state index is 11.0. The summed E-state index contributed by atoms with van der Waals surface area (Å²) in [5.74, 6) is 0.813. The normalized spacial score (nSPS) is 23.9. The summed E-state index contributed by atoms with van der Waals surface area (Å²) in [7, 11) is 0. The van der Waals surface area contributed by atoms with Gasteiger partial charge in [0, 0.05) is 12.1 Å². The average molecular weight is 313 g/mol. The molecule has 0 spiro atoms. The largest absolute Gasteiger partial charge is 0.476 e. The zero-order valence-corrected chi connectivity index (χ0v) is 12.0. The van der Waals surface area contributed by atoms with Crippen molar-refractivity contribution in [1.82, 2.24) is 9.97 Å². The van der Waals surface area contributed by atoms with Crippen molar-refractivity contribution >= 4 is 21.9 Å². The van der Waals surface area contributed by atoms with Gasteiger partial charge < -0.3 is 5.11 Å². The number of rotatable bonds is 3. The number of carbonyl (C=O) groups is 1. The van der Waals surface area contributed by atoms with E-state index in [0.717, 1.165) is 18.8 Å². The van der Waals surface area contributed by atoms with Crippen LogP contribution < -0.4 is 0 Å². The fourth-order valence-electron chi connectivity index (χ4n) is 2.56. The summed E-state index contributed by atoms with van der Waals surface area (Å²) in [5, 5.41) is 9.05. The predicted octanol–water partition coefficient (Wildman–Crippen LogP) is 3.62. The lowest BCUT2D eigenvalue weighted by atomic mass is 9.80. The highest BCUT2D eigenvalue weighted by Crippen LogP contribution is 2.35. The second kappa shape index (κ2) is 5.78. The third kappa shape index (κ3) is 2.88. The number of nitrogens with zero attached hydrogens (tertiary/aromatic N) is 2. The summed E-state index contributed by atoms with van der Waals surface area (Å²) in [4.78, 5) is 19.5. The van der Waals surface area contributed by atoms with Gasteiger partial charge in [0.1, 0.15) is 5.82 Å². The number of hydrogen-bond acceptors (Lipinski definition) is 3. The molecule has 1 aromatic heterocycles. The molecule has 0 radical (unpaired) electrons. The maximum Gasteiger partial charge on any atom is 0.355 e. The molecule has 0 saturated heterocycles. The Morgan fingerprint density at radius 3 is 2.67 bits per heavy atom. The van der Waals surface area contributed by atoms with E-state index in [2.05, 4.69) is 32.8 Å². The Kier molecular flexibility index (Phi) is 4.32. The molecule has 0 atom stereocenters. The molecule has 98 valence electrons. The van der Waals surface area contributed by atoms with E-state index in [1.807, 2.05) is 0 Å². The van der Waals surface area contributed by atoms with E-state index in [1.54, 1.807) is 6.20 Å². The predicted molar refractivity (Wildman–Crippen MR) is 71.7 cm³/mol. The second-order valence-corrected chi connectivity index (χ2v) is 5.71. The van der Waals surface area contributed by atoms with Crippen LogP contribution in [0.5, 0.6) is 0 Å². The molecule has 0 amide bonds. The van der Waals surface area contributed by atoms with Gasteiger partial charge in [0.15, 0.2) is 5.69 Å². The van der Waals surface area contributed by atoms with Crippen LogP contribution >= 0.6 is 15.9 Å². The highest BCUT2D eigenvalue weighted by atomic mass is 79.9. The number of halogens is 1. The van der Waals surface area contributed by atoms with Gasteiger partial charge in [0.05, 0.1) is 4.47 Å². The van der Waals surface area contributed by atoms with Crippen LogP contribution in [0, 0.1) is 5.92 Å². The first-order chi connectivity index (χ1) is 8.61. The molecule has 1 N–H and O–H groups in total. The van der Waals surface area contributed by atoms with E-state index in [0.29, 0.717) is 16.2 Å². The number of aromatic nitrogens is 2. The Morgan fingerprint density at radius 2 is 2.11 bits per heavy atom. The molecule has 18 heavy (non-hydrogen) atoms. The molecule has 0 bridgehead atoms. The van der Waals surface area contributed by atoms with Gasteiger partial charge in [-0.05, 0) is 47.5 Å². The first kappa shape index (κ1) is 13.5. The standard InChI is InChI=1S/C13H17BrN2O2/c1-2-8-3-5-9(6-4-8)12-15-7-10(14)11(16-12)13(17)18/h7-9H,2-6H2,1H3,(H,17,18). The summed E-state index contributed by atoms with van der Waals surface area (Å²) in [6.07, 6.45) is 7.32. The van der Waals surface area contributed by atoms with Gasteiger partial charge >= 0.3 is 5.97 Å². The summed E-state index contributed by atoms with van der Waals surface area (Å²) < 4.78 is 0.445. The molecule has 0 unspecified atom stereocenters. The number of aromatic carboxylic acids is 1. The second-order valence-electron chi connectivity index (χ2n) is 4.86. The van der Waals surface area contributed by atoms with Crippen LogP contribution in [0.2, 0.25) is 0 Å². The van der Waals surface area contributed by atoms with Crippen molar-refractivity contribution in [2.75, 3.05) is 0 Å². The van der Waals surface area contributed by atoms with Crippen molar-refractivity contribution < 1.29 is 9.90 Å². The fraction of sp³-hybridized carbons (Fsp3) is 0.615. The molecule has 1 aromatic rings. The molecule has 0 aromatic carbocycles. The van der Waals surface area contributed by atoms with Crippen LogP contribution in [-0.4, -0.2) is 21.0 Å². The highest BCUT2D eigenvalue weighted by molar-refractivity contribution is 9.10. The van der Waals surface area contributed by atoms with Crippen LogP contribution in [0.4, 0.5) is 0 Å². The third-order valence-electron chi connectivity index (χ3n) is 3.75. The van der Waals surface area contributed by atoms with Crippen molar-refractivity contribution in [3.05, 3.63) is 22.2 Å². The summed E-state index contributed by atoms with van der Waals surface area (Å²) >= 11 is 3.17. The Hall–Kier alpha value is -0.970. The molecular formula is C13H17BrN2O2. The summed E-state index contributed by atoms with van der Waals surface area (Å²) in [6, 6.07) is 0. The smallest absolute Gasteiger partial charge is 0.355 e. The van der Waals surface area contributed by atoms with Gasteiger partial charge in [-0.2, -0.15) is 0 Å². The van der Waals surface area contributed by atoms with Crippen LogP contribution in [0.1, 0.15) is 61.3 Å². The van der Waals surface area contributed by atoms with Crippen LogP contribution in [0.15, 0.2) is 10.7 Å². The molecule has 1 fully saturated rings. The molecular weight excluding hydrogens is 296 g/mol. The maximum atomic E-state index is 11.0. The zero-order valence-electron chi connectivity index (χ0n) is 10.4. The Labute approximate surface area is 115 Å². The highest BCUT2D eigenvalue weighted by Gasteiger charge is 2.24. The molecule has 1 saturated carbocycles. The Morgan fingerprint density at radius 1 is 1.44 bits per heavy atom. The lowest BCUT2D eigenvalue weighted by Crippen LogP contribution is -2.16. The molecule has 4 nitrogen and oxygen atoms in total. The van der Waals surface area contributed by atoms with Gasteiger partial charge in [-0.15, -0.1) is 0 Å². The monoisotopic (exact) mass is 312 g/mol. The molecule has 2 rings (SSSR count). The third-order valence-corrected chi connectivity index (χ3v) is 4.33. The number of carboxylic acids is 1. The fourth-order valence-corrected chi connectivity index (χ4v) is 2.92. The van der Waals surface area contributed by atoms with Crippen LogP contribution in [0.3, 0.4) is 0 Å². The van der Waals surface area contributed by atoms with Crippen LogP contribution in [0.25, 0.3) is 0 Å². The van der Waals surface area contributed by atoms with E-state index >= 15 is 0 Å². The lowest BCUT2D eigenvalue weighted by molar-refractivity contribution is 0.0688. The first-order valence-corrected chi connectivity index (χ1v) is 7.16. The molecule has 1 aliphatic carbocycles. The van der Waals surface area contributed by atoms with Crippen molar-refractivity contribution in [3.63, 3.8) is 0 Å². The molecule has 5 heteroatoms. The van der Waals surface area contributed by atoms with Crippen molar-refractivity contribution in [2.24, 2.45) is 5.92 Å². The molecule has 1 heterocycles. The number of hydrogen-bond donors (Lipinski definition) is 1. The van der Waals surface area contributed by atoms with Crippen LogP contribution in [-0.2, 0) is 0 Å². The zero-order chi connectivity index (χ0) is 13.1. The van der Waals surface area contributed by atoms with Crippen molar-refractivity contribution in [3.8, 4) is 0 Å². The first-order valence-electron chi connectivity index (χ1n) is 6.37. The van der Waals surface area contributed by atoms with E-state index < -0.39 is 5.97 Å². The van der Waals surface area contributed by atoms with Crippen molar-refractivity contribution in [2.45, 2.75) is 44.9 Å². The van der Waals surface area contributed by atoms with Gasteiger partial charge in [-0.3, -0.25) is 0 Å². The number of carboxylic acid groups (broad SMARTS) is 1. The SMILES string of the molecule is CCC1CCC(c2ncc(Br)c(C(=O)O)n2)CC1. The van der Waals surface area contributed by atoms with Gasteiger partial charge in [0.2, 0.25) is 0 Å². The van der Waals surface area contributed by atoms with Gasteiger partial charge in [-0.25, -0.2) is 14.8 Å². The quantitative estimate of drug-likeness (QED) is 0.925. The van der Waals surface area contributed by atoms with E-state index in [-0.39, 0.29) is 5.69 Å². The lowest BCUT2D eigenvalue weighted by Gasteiger charge is -2.26. The van der Waals surface area contributed by atoms with E-state index in [4.69, 9.17) is 5.11 Å². The summed E-state index contributed by atoms with van der Waals surface area (Å²) in [6.45, 7) is 2.23. The van der Waals surface area contributed by atoms with E-state index in [9.17, 15) is 4.79 Å². The minimum atomic E-state index is -1.01. The Balaban J connectivity index is 2.15. The minimum absolute atomic E-state index is 0.0672. The van der Waals surface area contributed by atoms with Gasteiger partial charge in [-0.1, -0.05) is 13.3 Å². The Bertz CT molecular complexity index is 443. The average Bonchev–Trinajstić information content (AvgIpc) is 2.39. The molecule has 1 aliphatic rings. The minimum Gasteiger partial charge on any atom is -0.476 e. The topological polar surface area (TPSA) is 63.1 Å². The van der Waals surface area contributed by atoms with Gasteiger partial charge in [0.25, 0.3) is 0 Å². The summed E-state index contributed by atoms with van der Waals surface area (Å²) in [5.41, 5.74) is 0.0672. The van der Waals surface area contributed by atoms with E-state index in [1.165, 1.54) is 19.3 Å². The molecule has 0 aliphatic heterocycles.